The molecule has 1 atom stereocenters. The molecule has 7 heteroatoms. The summed E-state index contributed by atoms with van der Waals surface area (Å²) in [6.45, 7) is 2.16. The second-order valence-electron chi connectivity index (χ2n) is 3.22. The summed E-state index contributed by atoms with van der Waals surface area (Å²) in [6, 6.07) is 0.710. The van der Waals surface area contributed by atoms with E-state index < -0.39 is 11.6 Å². The molecule has 0 fully saturated rings. The topological polar surface area (TPSA) is 72.2 Å². The van der Waals surface area contributed by atoms with Gasteiger partial charge >= 0.3 is 0 Å². The van der Waals surface area contributed by atoms with Crippen molar-refractivity contribution in [2.75, 3.05) is 24.4 Å². The summed E-state index contributed by atoms with van der Waals surface area (Å²) in [6.07, 6.45) is -0.111. The molecule has 0 aliphatic heterocycles. The first-order valence-corrected chi connectivity index (χ1v) is 4.67. The van der Waals surface area contributed by atoms with Gasteiger partial charge < -0.3 is 15.5 Å². The van der Waals surface area contributed by atoms with Crippen LogP contribution >= 0.6 is 0 Å². The number of hydrazine groups is 1. The lowest BCUT2D eigenvalue weighted by Gasteiger charge is -2.12. The monoisotopic (exact) mass is 232 g/mol. The van der Waals surface area contributed by atoms with Gasteiger partial charge in [-0.2, -0.15) is 0 Å². The fraction of sp³-hybridized carbons (Fsp3) is 0.444. The molecule has 0 radical (unpaired) electrons. The minimum atomic E-state index is -0.842. The number of halogens is 2. The van der Waals surface area contributed by atoms with Gasteiger partial charge in [-0.05, 0) is 6.92 Å². The van der Waals surface area contributed by atoms with E-state index in [-0.39, 0.29) is 17.7 Å². The molecule has 1 unspecified atom stereocenters. The Morgan fingerprint density at radius 3 is 2.62 bits per heavy atom. The van der Waals surface area contributed by atoms with Gasteiger partial charge in [-0.1, -0.05) is 0 Å². The normalized spacial score (nSPS) is 12.3. The number of methoxy groups -OCH3 is 1. The maximum absolute atomic E-state index is 13.2. The zero-order chi connectivity index (χ0) is 12.1. The van der Waals surface area contributed by atoms with Crippen molar-refractivity contribution in [2.24, 2.45) is 5.84 Å². The highest BCUT2D eigenvalue weighted by molar-refractivity contribution is 5.46. The third kappa shape index (κ3) is 3.01. The lowest BCUT2D eigenvalue weighted by Crippen LogP contribution is -2.20. The predicted octanol–water partition coefficient (Wildman–Crippen LogP) is 1.09. The second-order valence-corrected chi connectivity index (χ2v) is 3.22. The predicted molar refractivity (Wildman–Crippen MR) is 56.9 cm³/mol. The van der Waals surface area contributed by atoms with Crippen LogP contribution in [0.3, 0.4) is 0 Å². The zero-order valence-corrected chi connectivity index (χ0v) is 9.05. The number of nitrogen functional groups attached to an aromatic ring is 1. The number of hydrogen-bond acceptors (Lipinski definition) is 5. The number of pyridine rings is 1. The number of rotatable bonds is 5. The second kappa shape index (κ2) is 5.57. The molecule has 0 spiro atoms. The minimum absolute atomic E-state index is 0.0711. The smallest absolute Gasteiger partial charge is 0.178 e. The molecule has 0 aliphatic rings. The highest BCUT2D eigenvalue weighted by atomic mass is 19.1. The molecule has 1 heterocycles. The third-order valence-corrected chi connectivity index (χ3v) is 2.03. The number of anilines is 2. The first-order valence-electron chi connectivity index (χ1n) is 4.67. The number of nitrogens with two attached hydrogens (primary N) is 1. The summed E-state index contributed by atoms with van der Waals surface area (Å²) in [5, 5.41) is 2.69. The van der Waals surface area contributed by atoms with Gasteiger partial charge in [-0.25, -0.2) is 19.6 Å². The Labute approximate surface area is 92.0 Å². The number of nitrogens with zero attached hydrogens (tertiary/aromatic N) is 1. The van der Waals surface area contributed by atoms with Crippen molar-refractivity contribution in [3.63, 3.8) is 0 Å². The molecule has 16 heavy (non-hydrogen) atoms. The van der Waals surface area contributed by atoms with Crippen molar-refractivity contribution >= 4 is 11.6 Å². The maximum Gasteiger partial charge on any atom is 0.178 e. The highest BCUT2D eigenvalue weighted by Crippen LogP contribution is 2.18. The molecule has 0 aliphatic carbocycles. The van der Waals surface area contributed by atoms with E-state index in [1.165, 1.54) is 7.11 Å². The van der Waals surface area contributed by atoms with E-state index >= 15 is 0 Å². The van der Waals surface area contributed by atoms with Crippen LogP contribution in [-0.4, -0.2) is 24.7 Å². The van der Waals surface area contributed by atoms with E-state index in [1.807, 2.05) is 5.43 Å². The third-order valence-electron chi connectivity index (χ3n) is 2.03. The van der Waals surface area contributed by atoms with E-state index in [9.17, 15) is 8.78 Å². The molecule has 0 bridgehead atoms. The Hall–Kier alpha value is -1.47. The summed E-state index contributed by atoms with van der Waals surface area (Å²) in [4.78, 5) is 3.64. The Bertz CT molecular complexity index is 362. The molecular weight excluding hydrogens is 218 g/mol. The molecule has 0 saturated heterocycles. The average molecular weight is 232 g/mol. The summed E-state index contributed by atoms with van der Waals surface area (Å²) < 4.78 is 31.2. The van der Waals surface area contributed by atoms with Crippen LogP contribution in [0.25, 0.3) is 0 Å². The summed E-state index contributed by atoms with van der Waals surface area (Å²) in [5.41, 5.74) is 2.04. The Balaban J connectivity index is 2.79. The van der Waals surface area contributed by atoms with Gasteiger partial charge in [0.1, 0.15) is 0 Å². The number of aromatic nitrogens is 1. The van der Waals surface area contributed by atoms with Crippen molar-refractivity contribution in [3.8, 4) is 0 Å². The van der Waals surface area contributed by atoms with Gasteiger partial charge in [0.15, 0.2) is 23.3 Å². The quantitative estimate of drug-likeness (QED) is 0.523. The first-order chi connectivity index (χ1) is 7.58. The van der Waals surface area contributed by atoms with Crippen LogP contribution in [0.2, 0.25) is 0 Å². The Morgan fingerprint density at radius 2 is 2.06 bits per heavy atom. The van der Waals surface area contributed by atoms with Crippen LogP contribution in [0.4, 0.5) is 20.4 Å². The summed E-state index contributed by atoms with van der Waals surface area (Å²) >= 11 is 0. The highest BCUT2D eigenvalue weighted by Gasteiger charge is 2.11. The van der Waals surface area contributed by atoms with Crippen LogP contribution in [0.15, 0.2) is 6.07 Å². The van der Waals surface area contributed by atoms with E-state index in [2.05, 4.69) is 10.3 Å². The standard InChI is InChI=1S/C9H14F2N4O/c1-5(16-2)4-13-8-6(10)3-7(11)9(14-8)15-12/h3,5H,4,12H2,1-2H3,(H2,13,14,15). The lowest BCUT2D eigenvalue weighted by molar-refractivity contribution is 0.128. The molecule has 4 N–H and O–H groups in total. The first kappa shape index (κ1) is 12.6. The molecule has 90 valence electrons. The van der Waals surface area contributed by atoms with Crippen LogP contribution < -0.4 is 16.6 Å². The molecule has 1 rings (SSSR count). The lowest BCUT2D eigenvalue weighted by atomic mass is 10.3. The van der Waals surface area contributed by atoms with Crippen LogP contribution in [0.1, 0.15) is 6.92 Å². The average Bonchev–Trinajstić information content (AvgIpc) is 2.27. The van der Waals surface area contributed by atoms with Crippen molar-refractivity contribution in [2.45, 2.75) is 13.0 Å². The molecule has 1 aromatic rings. The van der Waals surface area contributed by atoms with Gasteiger partial charge in [0.05, 0.1) is 6.10 Å². The van der Waals surface area contributed by atoms with Gasteiger partial charge in [0, 0.05) is 19.7 Å². The summed E-state index contributed by atoms with van der Waals surface area (Å²) in [5.74, 6) is 3.12. The number of ether oxygens (including phenoxy) is 1. The Kier molecular flexibility index (Phi) is 4.39. The van der Waals surface area contributed by atoms with Crippen LogP contribution in [0, 0.1) is 11.6 Å². The Morgan fingerprint density at radius 1 is 1.44 bits per heavy atom. The zero-order valence-electron chi connectivity index (χ0n) is 9.05. The van der Waals surface area contributed by atoms with Crippen LogP contribution in [-0.2, 0) is 4.74 Å². The molecule has 0 aromatic carbocycles. The maximum atomic E-state index is 13.2. The van der Waals surface area contributed by atoms with E-state index in [1.54, 1.807) is 6.92 Å². The van der Waals surface area contributed by atoms with Crippen LogP contribution in [0.5, 0.6) is 0 Å². The van der Waals surface area contributed by atoms with Gasteiger partial charge in [0.25, 0.3) is 0 Å². The van der Waals surface area contributed by atoms with Crippen molar-refractivity contribution in [1.82, 2.24) is 4.98 Å². The fourth-order valence-corrected chi connectivity index (χ4v) is 1.02. The van der Waals surface area contributed by atoms with E-state index in [0.29, 0.717) is 12.6 Å². The van der Waals surface area contributed by atoms with E-state index in [0.717, 1.165) is 0 Å². The summed E-state index contributed by atoms with van der Waals surface area (Å²) in [7, 11) is 1.54. The number of nitrogens with one attached hydrogen (secondary N) is 2. The fourth-order valence-electron chi connectivity index (χ4n) is 1.02. The molecule has 5 nitrogen and oxygen atoms in total. The van der Waals surface area contributed by atoms with Crippen molar-refractivity contribution in [3.05, 3.63) is 17.7 Å². The van der Waals surface area contributed by atoms with Gasteiger partial charge in [-0.15, -0.1) is 0 Å². The molecule has 1 aromatic heterocycles. The van der Waals surface area contributed by atoms with Crippen molar-refractivity contribution in [1.29, 1.82) is 0 Å². The number of hydrogen-bond donors (Lipinski definition) is 3. The minimum Gasteiger partial charge on any atom is -0.380 e. The largest absolute Gasteiger partial charge is 0.380 e. The van der Waals surface area contributed by atoms with E-state index in [4.69, 9.17) is 10.6 Å². The molecule has 0 amide bonds. The van der Waals surface area contributed by atoms with Gasteiger partial charge in [0.2, 0.25) is 0 Å². The van der Waals surface area contributed by atoms with Gasteiger partial charge in [-0.3, -0.25) is 0 Å². The molecule has 0 saturated carbocycles. The SMILES string of the molecule is COC(C)CNc1nc(NN)c(F)cc1F. The molecular formula is C9H14F2N4O. The van der Waals surface area contributed by atoms with Crippen molar-refractivity contribution < 1.29 is 13.5 Å².